The summed E-state index contributed by atoms with van der Waals surface area (Å²) in [6.45, 7) is 9.62. The van der Waals surface area contributed by atoms with E-state index in [0.29, 0.717) is 39.2 Å². The molecule has 0 spiro atoms. The molecule has 2 atom stereocenters. The highest BCUT2D eigenvalue weighted by molar-refractivity contribution is 5.80. The topological polar surface area (TPSA) is 90.7 Å². The van der Waals surface area contributed by atoms with Crippen molar-refractivity contribution < 1.29 is 19.1 Å². The highest BCUT2D eigenvalue weighted by Gasteiger charge is 2.21. The highest BCUT2D eigenvalue weighted by Crippen LogP contribution is 2.15. The van der Waals surface area contributed by atoms with Gasteiger partial charge in [-0.3, -0.25) is 9.59 Å². The van der Waals surface area contributed by atoms with Gasteiger partial charge in [0.25, 0.3) is 0 Å². The van der Waals surface area contributed by atoms with Gasteiger partial charge < -0.3 is 20.5 Å². The third kappa shape index (κ3) is 10.3. The van der Waals surface area contributed by atoms with Gasteiger partial charge in [0, 0.05) is 18.4 Å². The van der Waals surface area contributed by atoms with Crippen LogP contribution in [0, 0.1) is 11.8 Å². The van der Waals surface area contributed by atoms with Gasteiger partial charge in [0.2, 0.25) is 11.8 Å². The van der Waals surface area contributed by atoms with Crippen molar-refractivity contribution in [2.24, 2.45) is 17.6 Å². The van der Waals surface area contributed by atoms with Gasteiger partial charge in [-0.15, -0.1) is 0 Å². The first-order chi connectivity index (χ1) is 9.88. The van der Waals surface area contributed by atoms with E-state index < -0.39 is 0 Å². The van der Waals surface area contributed by atoms with E-state index in [0.717, 1.165) is 0 Å². The van der Waals surface area contributed by atoms with Crippen molar-refractivity contribution in [3.05, 3.63) is 0 Å². The van der Waals surface area contributed by atoms with E-state index in [2.05, 4.69) is 5.32 Å². The molecule has 0 aliphatic rings. The average Bonchev–Trinajstić information content (AvgIpc) is 2.42. The molecule has 0 aromatic rings. The molecule has 6 nitrogen and oxygen atoms in total. The fourth-order valence-electron chi connectivity index (χ4n) is 1.88. The Morgan fingerprint density at radius 3 is 2.33 bits per heavy atom. The molecule has 3 N–H and O–H groups in total. The van der Waals surface area contributed by atoms with Gasteiger partial charge in [-0.05, 0) is 26.7 Å². The summed E-state index contributed by atoms with van der Waals surface area (Å²) in [6, 6.07) is 0. The van der Waals surface area contributed by atoms with Crippen LogP contribution in [-0.2, 0) is 19.1 Å². The Hall–Kier alpha value is -1.14. The monoisotopic (exact) mass is 302 g/mol. The second-order valence-electron chi connectivity index (χ2n) is 5.47. The van der Waals surface area contributed by atoms with E-state index in [-0.39, 0.29) is 29.8 Å². The maximum Gasteiger partial charge on any atom is 0.222 e. The molecule has 0 saturated carbocycles. The molecule has 0 aliphatic carbocycles. The van der Waals surface area contributed by atoms with Crippen molar-refractivity contribution in [3.63, 3.8) is 0 Å². The molecule has 0 heterocycles. The molecule has 0 saturated heterocycles. The Morgan fingerprint density at radius 1 is 1.14 bits per heavy atom. The summed E-state index contributed by atoms with van der Waals surface area (Å²) in [5, 5.41) is 2.79. The Kier molecular flexibility index (Phi) is 10.9. The summed E-state index contributed by atoms with van der Waals surface area (Å²) in [4.78, 5) is 23.0. The molecule has 6 heteroatoms. The Morgan fingerprint density at radius 2 is 1.81 bits per heavy atom. The summed E-state index contributed by atoms with van der Waals surface area (Å²) in [7, 11) is 0. The van der Waals surface area contributed by atoms with Gasteiger partial charge in [-0.1, -0.05) is 13.8 Å². The third-order valence-electron chi connectivity index (χ3n) is 3.21. The van der Waals surface area contributed by atoms with Crippen molar-refractivity contribution in [2.45, 2.75) is 46.6 Å². The summed E-state index contributed by atoms with van der Waals surface area (Å²) in [5.41, 5.74) is 5.28. The molecule has 124 valence electrons. The van der Waals surface area contributed by atoms with Gasteiger partial charge in [0.15, 0.2) is 0 Å². The van der Waals surface area contributed by atoms with E-state index in [1.54, 1.807) is 6.92 Å². The van der Waals surface area contributed by atoms with Gasteiger partial charge in [0.05, 0.1) is 25.9 Å². The standard InChI is InChI=1S/C15H30N2O4/c1-5-13(14(16)18)10-12(4)15(19)17-6-7-20-8-9-21-11(2)3/h11-13H,5-10H2,1-4H3,(H2,16,18)(H,17,19). The number of ether oxygens (including phenoxy) is 2. The Balaban J connectivity index is 3.71. The first kappa shape index (κ1) is 19.9. The minimum atomic E-state index is -0.342. The molecule has 0 aromatic heterocycles. The molecule has 0 fully saturated rings. The molecule has 2 amide bonds. The molecule has 0 aliphatic heterocycles. The number of nitrogens with two attached hydrogens (primary N) is 1. The fraction of sp³-hybridized carbons (Fsp3) is 0.867. The summed E-state index contributed by atoms with van der Waals surface area (Å²) >= 11 is 0. The van der Waals surface area contributed by atoms with E-state index >= 15 is 0 Å². The lowest BCUT2D eigenvalue weighted by molar-refractivity contribution is -0.126. The van der Waals surface area contributed by atoms with Crippen LogP contribution in [-0.4, -0.2) is 44.3 Å². The molecule has 0 aromatic carbocycles. The predicted molar refractivity (Wildman–Crippen MR) is 81.7 cm³/mol. The zero-order valence-corrected chi connectivity index (χ0v) is 13.7. The maximum atomic E-state index is 11.9. The van der Waals surface area contributed by atoms with Gasteiger partial charge in [-0.2, -0.15) is 0 Å². The van der Waals surface area contributed by atoms with Crippen LogP contribution in [0.5, 0.6) is 0 Å². The molecule has 2 unspecified atom stereocenters. The van der Waals surface area contributed by atoms with Gasteiger partial charge >= 0.3 is 0 Å². The molecule has 0 rings (SSSR count). The van der Waals surface area contributed by atoms with Crippen molar-refractivity contribution in [1.82, 2.24) is 5.32 Å². The van der Waals surface area contributed by atoms with Crippen LogP contribution in [0.4, 0.5) is 0 Å². The van der Waals surface area contributed by atoms with Crippen LogP contribution in [0.3, 0.4) is 0 Å². The van der Waals surface area contributed by atoms with Crippen molar-refractivity contribution >= 4 is 11.8 Å². The minimum Gasteiger partial charge on any atom is -0.377 e. The van der Waals surface area contributed by atoms with Crippen molar-refractivity contribution in [1.29, 1.82) is 0 Å². The molecule has 21 heavy (non-hydrogen) atoms. The highest BCUT2D eigenvalue weighted by atomic mass is 16.5. The second-order valence-corrected chi connectivity index (χ2v) is 5.47. The van der Waals surface area contributed by atoms with Gasteiger partial charge in [-0.25, -0.2) is 0 Å². The summed E-state index contributed by atoms with van der Waals surface area (Å²) in [5.74, 6) is -0.885. The number of amides is 2. The van der Waals surface area contributed by atoms with Crippen molar-refractivity contribution in [3.8, 4) is 0 Å². The average molecular weight is 302 g/mol. The van der Waals surface area contributed by atoms with Crippen LogP contribution < -0.4 is 11.1 Å². The SMILES string of the molecule is CCC(CC(C)C(=O)NCCOCCOC(C)C)C(N)=O. The van der Waals surface area contributed by atoms with E-state index in [4.69, 9.17) is 15.2 Å². The van der Waals surface area contributed by atoms with E-state index in [1.165, 1.54) is 0 Å². The summed E-state index contributed by atoms with van der Waals surface area (Å²) in [6.07, 6.45) is 1.35. The maximum absolute atomic E-state index is 11.9. The number of carbonyl (C=O) groups excluding carboxylic acids is 2. The number of primary amides is 1. The van der Waals surface area contributed by atoms with E-state index in [9.17, 15) is 9.59 Å². The van der Waals surface area contributed by atoms with E-state index in [1.807, 2.05) is 20.8 Å². The van der Waals surface area contributed by atoms with Crippen LogP contribution in [0.1, 0.15) is 40.5 Å². The van der Waals surface area contributed by atoms with Crippen LogP contribution >= 0.6 is 0 Å². The molecule has 0 radical (unpaired) electrons. The van der Waals surface area contributed by atoms with Gasteiger partial charge in [0.1, 0.15) is 0 Å². The fourth-order valence-corrected chi connectivity index (χ4v) is 1.88. The number of rotatable bonds is 12. The van der Waals surface area contributed by atoms with Crippen molar-refractivity contribution in [2.75, 3.05) is 26.4 Å². The first-order valence-corrected chi connectivity index (χ1v) is 7.64. The smallest absolute Gasteiger partial charge is 0.222 e. The third-order valence-corrected chi connectivity index (χ3v) is 3.21. The first-order valence-electron chi connectivity index (χ1n) is 7.64. The molecular formula is C15H30N2O4. The van der Waals surface area contributed by atoms with Crippen LogP contribution in [0.25, 0.3) is 0 Å². The molecule has 0 bridgehead atoms. The lowest BCUT2D eigenvalue weighted by Crippen LogP contribution is -2.35. The quantitative estimate of drug-likeness (QED) is 0.528. The lowest BCUT2D eigenvalue weighted by atomic mass is 9.92. The summed E-state index contributed by atoms with van der Waals surface area (Å²) < 4.78 is 10.7. The number of nitrogens with one attached hydrogen (secondary N) is 1. The normalized spacial score (nSPS) is 14.0. The largest absolute Gasteiger partial charge is 0.377 e. The number of hydrogen-bond acceptors (Lipinski definition) is 4. The van der Waals surface area contributed by atoms with Crippen LogP contribution in [0.15, 0.2) is 0 Å². The lowest BCUT2D eigenvalue weighted by Gasteiger charge is -2.16. The van der Waals surface area contributed by atoms with Crippen LogP contribution in [0.2, 0.25) is 0 Å². The Labute approximate surface area is 127 Å². The molecular weight excluding hydrogens is 272 g/mol. The zero-order chi connectivity index (χ0) is 16.3. The second kappa shape index (κ2) is 11.5. The predicted octanol–water partition coefficient (Wildman–Crippen LogP) is 1.08. The zero-order valence-electron chi connectivity index (χ0n) is 13.7. The number of hydrogen-bond donors (Lipinski definition) is 2. The Bertz CT molecular complexity index is 308. The number of carbonyl (C=O) groups is 2. The minimum absolute atomic E-state index is 0.0725.